The Bertz CT molecular complexity index is 487. The topological polar surface area (TPSA) is 57.6 Å². The summed E-state index contributed by atoms with van der Waals surface area (Å²) in [6, 6.07) is 3.80. The summed E-state index contributed by atoms with van der Waals surface area (Å²) in [5, 5.41) is 8.66. The summed E-state index contributed by atoms with van der Waals surface area (Å²) in [6.07, 6.45) is 2.16. The highest BCUT2D eigenvalue weighted by atomic mass is 19.1. The van der Waals surface area contributed by atoms with Crippen molar-refractivity contribution in [2.75, 3.05) is 18.1 Å². The lowest BCUT2D eigenvalue weighted by atomic mass is 10.1. The van der Waals surface area contributed by atoms with Crippen molar-refractivity contribution in [3.8, 4) is 0 Å². The molecule has 0 spiro atoms. The molecule has 0 fully saturated rings. The summed E-state index contributed by atoms with van der Waals surface area (Å²) in [5.41, 5.74) is 0.623. The average molecular weight is 251 g/mol. The number of fused-ring (bicyclic) bond motifs is 1. The minimum absolute atomic E-state index is 0.120. The van der Waals surface area contributed by atoms with E-state index in [1.165, 1.54) is 17.0 Å². The van der Waals surface area contributed by atoms with Crippen LogP contribution in [0.5, 0.6) is 0 Å². The van der Waals surface area contributed by atoms with E-state index in [2.05, 4.69) is 0 Å². The molecular formula is C13H14FNO3. The number of halogens is 1. The van der Waals surface area contributed by atoms with E-state index >= 15 is 0 Å². The van der Waals surface area contributed by atoms with E-state index in [4.69, 9.17) is 5.11 Å². The first-order chi connectivity index (χ1) is 8.65. The fourth-order valence-corrected chi connectivity index (χ4v) is 2.05. The number of aliphatic hydroxyl groups excluding tert-OH is 1. The van der Waals surface area contributed by atoms with Gasteiger partial charge >= 0.3 is 0 Å². The van der Waals surface area contributed by atoms with Crippen LogP contribution in [0.2, 0.25) is 0 Å². The molecule has 1 N–H and O–H groups in total. The van der Waals surface area contributed by atoms with Crippen LogP contribution >= 0.6 is 0 Å². The number of hydrogen-bond donors (Lipinski definition) is 1. The van der Waals surface area contributed by atoms with Gasteiger partial charge in [-0.15, -0.1) is 0 Å². The molecule has 0 unspecified atom stereocenters. The van der Waals surface area contributed by atoms with Gasteiger partial charge in [0.05, 0.1) is 11.3 Å². The van der Waals surface area contributed by atoms with Crippen LogP contribution in [0.3, 0.4) is 0 Å². The predicted octanol–water partition coefficient (Wildman–Crippen LogP) is 1.52. The van der Waals surface area contributed by atoms with Crippen molar-refractivity contribution in [1.82, 2.24) is 0 Å². The summed E-state index contributed by atoms with van der Waals surface area (Å²) in [5.74, 6) is -1.76. The van der Waals surface area contributed by atoms with Crippen LogP contribution in [0, 0.1) is 5.82 Å². The van der Waals surface area contributed by atoms with Crippen molar-refractivity contribution in [2.24, 2.45) is 0 Å². The Morgan fingerprint density at radius 2 is 1.94 bits per heavy atom. The maximum absolute atomic E-state index is 13.0. The number of Topliss-reactive ketones (excluding diaryl/α,β-unsaturated/α-hetero) is 1. The molecule has 0 saturated heterocycles. The second-order valence-corrected chi connectivity index (χ2v) is 4.23. The normalized spacial score (nSPS) is 14.2. The molecule has 1 amide bonds. The molecule has 1 heterocycles. The number of anilines is 1. The Hall–Kier alpha value is -1.75. The molecule has 1 aliphatic rings. The minimum Gasteiger partial charge on any atom is -0.396 e. The number of amides is 1. The number of aliphatic hydroxyl groups is 1. The maximum Gasteiger partial charge on any atom is 0.299 e. The third-order valence-corrected chi connectivity index (χ3v) is 2.97. The van der Waals surface area contributed by atoms with Crippen LogP contribution in [-0.4, -0.2) is 29.9 Å². The zero-order valence-electron chi connectivity index (χ0n) is 9.86. The highest BCUT2D eigenvalue weighted by molar-refractivity contribution is 6.52. The number of carbonyl (C=O) groups is 2. The second kappa shape index (κ2) is 5.27. The molecule has 1 aromatic rings. The lowest BCUT2D eigenvalue weighted by Crippen LogP contribution is -2.30. The van der Waals surface area contributed by atoms with Gasteiger partial charge < -0.3 is 10.0 Å². The van der Waals surface area contributed by atoms with Crippen LogP contribution in [0.15, 0.2) is 18.2 Å². The molecule has 96 valence electrons. The van der Waals surface area contributed by atoms with Gasteiger partial charge in [-0.05, 0) is 37.5 Å². The molecule has 18 heavy (non-hydrogen) atoms. The van der Waals surface area contributed by atoms with Crippen molar-refractivity contribution < 1.29 is 19.1 Å². The number of rotatable bonds is 5. The van der Waals surface area contributed by atoms with E-state index in [1.807, 2.05) is 0 Å². The fourth-order valence-electron chi connectivity index (χ4n) is 2.05. The molecule has 1 aliphatic heterocycles. The summed E-state index contributed by atoms with van der Waals surface area (Å²) in [4.78, 5) is 24.8. The van der Waals surface area contributed by atoms with E-state index in [-0.39, 0.29) is 12.2 Å². The first-order valence-corrected chi connectivity index (χ1v) is 5.91. The van der Waals surface area contributed by atoms with Crippen molar-refractivity contribution in [3.05, 3.63) is 29.6 Å². The van der Waals surface area contributed by atoms with Crippen LogP contribution in [0.4, 0.5) is 10.1 Å². The Balaban J connectivity index is 2.13. The average Bonchev–Trinajstić information content (AvgIpc) is 2.59. The predicted molar refractivity (Wildman–Crippen MR) is 64.0 cm³/mol. The fraction of sp³-hybridized carbons (Fsp3) is 0.385. The van der Waals surface area contributed by atoms with E-state index in [1.54, 1.807) is 0 Å². The molecule has 0 aromatic heterocycles. The van der Waals surface area contributed by atoms with Gasteiger partial charge in [-0.1, -0.05) is 0 Å². The third-order valence-electron chi connectivity index (χ3n) is 2.97. The second-order valence-electron chi connectivity index (χ2n) is 4.23. The monoisotopic (exact) mass is 251 g/mol. The summed E-state index contributed by atoms with van der Waals surface area (Å²) in [6.45, 7) is 0.540. The lowest BCUT2D eigenvalue weighted by molar-refractivity contribution is -0.114. The Kier molecular flexibility index (Phi) is 3.72. The number of unbranched alkanes of at least 4 members (excludes halogenated alkanes) is 2. The van der Waals surface area contributed by atoms with Gasteiger partial charge in [0, 0.05) is 13.2 Å². The summed E-state index contributed by atoms with van der Waals surface area (Å²) < 4.78 is 13.0. The van der Waals surface area contributed by atoms with Gasteiger partial charge in [0.2, 0.25) is 0 Å². The Labute approximate surface area is 104 Å². The van der Waals surface area contributed by atoms with Crippen LogP contribution in [0.1, 0.15) is 29.6 Å². The zero-order chi connectivity index (χ0) is 13.1. The van der Waals surface area contributed by atoms with Crippen molar-refractivity contribution in [1.29, 1.82) is 0 Å². The maximum atomic E-state index is 13.0. The number of carbonyl (C=O) groups excluding carboxylic acids is 2. The van der Waals surface area contributed by atoms with Crippen molar-refractivity contribution in [2.45, 2.75) is 19.3 Å². The number of nitrogens with zero attached hydrogens (tertiary/aromatic N) is 1. The molecule has 5 heteroatoms. The first kappa shape index (κ1) is 12.7. The van der Waals surface area contributed by atoms with Gasteiger partial charge in [0.25, 0.3) is 11.7 Å². The molecule has 1 aromatic carbocycles. The Morgan fingerprint density at radius 3 is 2.67 bits per heavy atom. The molecule has 4 nitrogen and oxygen atoms in total. The molecule has 0 radical (unpaired) electrons. The smallest absolute Gasteiger partial charge is 0.299 e. The van der Waals surface area contributed by atoms with E-state index in [9.17, 15) is 14.0 Å². The lowest BCUT2D eigenvalue weighted by Gasteiger charge is -2.15. The molecule has 0 saturated carbocycles. The number of benzene rings is 1. The van der Waals surface area contributed by atoms with Crippen LogP contribution in [-0.2, 0) is 4.79 Å². The van der Waals surface area contributed by atoms with E-state index < -0.39 is 17.5 Å². The summed E-state index contributed by atoms with van der Waals surface area (Å²) >= 11 is 0. The highest BCUT2D eigenvalue weighted by Crippen LogP contribution is 2.29. The molecule has 2 rings (SSSR count). The Morgan fingerprint density at radius 1 is 1.17 bits per heavy atom. The van der Waals surface area contributed by atoms with Crippen molar-refractivity contribution in [3.63, 3.8) is 0 Å². The number of hydrogen-bond acceptors (Lipinski definition) is 3. The van der Waals surface area contributed by atoms with E-state index in [0.717, 1.165) is 12.5 Å². The largest absolute Gasteiger partial charge is 0.396 e. The van der Waals surface area contributed by atoms with Gasteiger partial charge in [-0.2, -0.15) is 0 Å². The minimum atomic E-state index is -0.647. The molecule has 0 aliphatic carbocycles. The molecule has 0 atom stereocenters. The van der Waals surface area contributed by atoms with Crippen LogP contribution in [0.25, 0.3) is 0 Å². The van der Waals surface area contributed by atoms with Gasteiger partial charge in [-0.25, -0.2) is 4.39 Å². The molecule has 0 bridgehead atoms. The van der Waals surface area contributed by atoms with Crippen LogP contribution < -0.4 is 4.90 Å². The number of ketones is 1. The standard InChI is InChI=1S/C13H14FNO3/c14-9-4-5-11-10(8-9)12(17)13(18)15(11)6-2-1-3-7-16/h4-5,8,16H,1-3,6-7H2. The molecular weight excluding hydrogens is 237 g/mol. The van der Waals surface area contributed by atoms with Gasteiger partial charge in [0.1, 0.15) is 5.82 Å². The first-order valence-electron chi connectivity index (χ1n) is 5.91. The quantitative estimate of drug-likeness (QED) is 0.637. The van der Waals surface area contributed by atoms with E-state index in [0.29, 0.717) is 25.1 Å². The third kappa shape index (κ3) is 2.26. The zero-order valence-corrected chi connectivity index (χ0v) is 9.86. The highest BCUT2D eigenvalue weighted by Gasteiger charge is 2.35. The SMILES string of the molecule is O=C1C(=O)N(CCCCCO)c2ccc(F)cc21. The van der Waals surface area contributed by atoms with Crippen molar-refractivity contribution >= 4 is 17.4 Å². The summed E-state index contributed by atoms with van der Waals surface area (Å²) in [7, 11) is 0. The van der Waals surface area contributed by atoms with Gasteiger partial charge in [-0.3, -0.25) is 9.59 Å². The van der Waals surface area contributed by atoms with Gasteiger partial charge in [0.15, 0.2) is 0 Å².